The molecule has 4 rings (SSSR count). The van der Waals surface area contributed by atoms with E-state index in [0.29, 0.717) is 12.2 Å². The van der Waals surface area contributed by atoms with Gasteiger partial charge in [-0.1, -0.05) is 18.2 Å². The van der Waals surface area contributed by atoms with Crippen LogP contribution < -0.4 is 15.1 Å². The van der Waals surface area contributed by atoms with Gasteiger partial charge in [0.05, 0.1) is 5.69 Å². The highest BCUT2D eigenvalue weighted by Crippen LogP contribution is 2.37. The number of hydrogen-bond donors (Lipinski definition) is 3. The Hall–Kier alpha value is -2.80. The van der Waals surface area contributed by atoms with Crippen LogP contribution in [0.1, 0.15) is 29.3 Å². The molecule has 32 heavy (non-hydrogen) atoms. The van der Waals surface area contributed by atoms with Crippen LogP contribution in [0.2, 0.25) is 5.82 Å². The quantitative estimate of drug-likeness (QED) is 0.442. The first kappa shape index (κ1) is 22.4. The van der Waals surface area contributed by atoms with Crippen LogP contribution in [0, 0.1) is 6.92 Å². The summed E-state index contributed by atoms with van der Waals surface area (Å²) in [5.41, 5.74) is 7.70. The number of rotatable bonds is 7. The molecular weight excluding hydrogens is 451 g/mol. The number of fused-ring (bicyclic) bond motifs is 1. The molecule has 0 radical (unpaired) electrons. The molecule has 9 nitrogen and oxygen atoms in total. The average Bonchev–Trinajstić information content (AvgIpc) is 3.20. The minimum Gasteiger partial charge on any atom is -0.536 e. The highest BCUT2D eigenvalue weighted by atomic mass is 32.2. The molecule has 0 spiro atoms. The van der Waals surface area contributed by atoms with E-state index in [1.807, 2.05) is 25.1 Å². The van der Waals surface area contributed by atoms with Gasteiger partial charge >= 0.3 is 7.12 Å². The van der Waals surface area contributed by atoms with Crippen molar-refractivity contribution in [2.24, 2.45) is 0 Å². The number of nitrogen functional groups attached to an aromatic ring is 1. The van der Waals surface area contributed by atoms with Crippen molar-refractivity contribution in [3.05, 3.63) is 64.9 Å². The van der Waals surface area contributed by atoms with E-state index in [1.54, 1.807) is 0 Å². The maximum absolute atomic E-state index is 13.3. The number of nitrogens with two attached hydrogens (primary N) is 1. The van der Waals surface area contributed by atoms with Gasteiger partial charge in [0.25, 0.3) is 0 Å². The molecule has 0 bridgehead atoms. The number of sulfonamides is 1. The molecule has 0 amide bonds. The first-order chi connectivity index (χ1) is 15.2. The minimum atomic E-state index is -4.06. The molecule has 0 fully saturated rings. The Balaban J connectivity index is 1.59. The average molecular weight is 472 g/mol. The topological polar surface area (TPSA) is 144 Å². The van der Waals surface area contributed by atoms with Gasteiger partial charge < -0.3 is 15.4 Å². The van der Waals surface area contributed by atoms with E-state index in [9.17, 15) is 18.2 Å². The molecule has 12 heteroatoms. The van der Waals surface area contributed by atoms with Gasteiger partial charge in [0.2, 0.25) is 10.0 Å². The molecule has 2 atom stereocenters. The monoisotopic (exact) mass is 472 g/mol. The number of thiazole rings is 1. The summed E-state index contributed by atoms with van der Waals surface area (Å²) in [6.07, 6.45) is 2.95. The third-order valence-electron chi connectivity index (χ3n) is 5.26. The summed E-state index contributed by atoms with van der Waals surface area (Å²) in [4.78, 5) is 21.1. The van der Waals surface area contributed by atoms with Crippen molar-refractivity contribution in [1.82, 2.24) is 14.7 Å². The van der Waals surface area contributed by atoms with Gasteiger partial charge in [-0.25, -0.2) is 13.4 Å². The van der Waals surface area contributed by atoms with Gasteiger partial charge in [0, 0.05) is 30.0 Å². The van der Waals surface area contributed by atoms with Gasteiger partial charge in [-0.2, -0.15) is 4.72 Å². The van der Waals surface area contributed by atoms with Gasteiger partial charge in [-0.3, -0.25) is 9.78 Å². The Kier molecular flexibility index (Phi) is 6.29. The second-order valence-electron chi connectivity index (χ2n) is 7.56. The highest BCUT2D eigenvalue weighted by molar-refractivity contribution is 7.89. The number of carbonyl (C=O) groups excluding carboxylic acids is 1. The number of carbonyl (C=O) groups is 1. The van der Waals surface area contributed by atoms with Crippen molar-refractivity contribution in [3.63, 3.8) is 0 Å². The maximum atomic E-state index is 13.3. The first-order valence-electron chi connectivity index (χ1n) is 9.84. The fourth-order valence-corrected chi connectivity index (χ4v) is 5.39. The number of aryl methyl sites for hydroxylation is 1. The summed E-state index contributed by atoms with van der Waals surface area (Å²) in [6, 6.07) is 7.25. The smallest absolute Gasteiger partial charge is 0.526 e. The molecule has 1 aliphatic rings. The van der Waals surface area contributed by atoms with Crippen molar-refractivity contribution < 1.29 is 22.9 Å². The minimum absolute atomic E-state index is 0.0774. The summed E-state index contributed by atoms with van der Waals surface area (Å²) in [5, 5.41) is 12.3. The van der Waals surface area contributed by atoms with Crippen molar-refractivity contribution in [2.75, 3.05) is 5.73 Å². The number of nitrogens with one attached hydrogen (secondary N) is 1. The van der Waals surface area contributed by atoms with E-state index >= 15 is 0 Å². The maximum Gasteiger partial charge on any atom is 0.526 e. The summed E-state index contributed by atoms with van der Waals surface area (Å²) in [5.74, 6) is -0.380. The van der Waals surface area contributed by atoms with Gasteiger partial charge in [-0.05, 0) is 36.6 Å². The van der Waals surface area contributed by atoms with Crippen LogP contribution >= 0.6 is 11.3 Å². The lowest BCUT2D eigenvalue weighted by molar-refractivity contribution is -0.121. The van der Waals surface area contributed by atoms with Crippen LogP contribution in [0.5, 0.6) is 5.75 Å². The zero-order valence-electron chi connectivity index (χ0n) is 17.1. The molecular formula is C20H21BN4O5S2. The molecule has 0 aliphatic carbocycles. The molecule has 166 valence electrons. The van der Waals surface area contributed by atoms with Crippen molar-refractivity contribution in [2.45, 2.75) is 36.5 Å². The third kappa shape index (κ3) is 4.68. The second kappa shape index (κ2) is 8.98. The van der Waals surface area contributed by atoms with Crippen LogP contribution in [0.4, 0.5) is 5.13 Å². The summed E-state index contributed by atoms with van der Waals surface area (Å²) in [6.45, 7) is 1.88. The third-order valence-corrected chi connectivity index (χ3v) is 7.36. The van der Waals surface area contributed by atoms with E-state index < -0.39 is 34.8 Å². The van der Waals surface area contributed by atoms with Gasteiger partial charge in [0.1, 0.15) is 16.7 Å². The Morgan fingerprint density at radius 3 is 2.91 bits per heavy atom. The normalized spacial score (nSPS) is 16.8. The van der Waals surface area contributed by atoms with Crippen LogP contribution in [0.15, 0.2) is 53.0 Å². The number of ketones is 1. The van der Waals surface area contributed by atoms with Crippen LogP contribution in [-0.4, -0.2) is 36.3 Å². The largest absolute Gasteiger partial charge is 0.536 e. The molecule has 0 saturated carbocycles. The molecule has 2 aromatic heterocycles. The number of hydrogen-bond acceptors (Lipinski definition) is 9. The van der Waals surface area contributed by atoms with E-state index in [1.165, 1.54) is 29.9 Å². The number of para-hydroxylation sites is 1. The van der Waals surface area contributed by atoms with Crippen molar-refractivity contribution in [1.29, 1.82) is 0 Å². The fourth-order valence-electron chi connectivity index (χ4n) is 3.65. The SMILES string of the molecule is Cc1cccc2c1OB(O)[C@@H](CC(=O)C(NS(=O)(=O)c1cccnc1)c1csc(N)n1)C2. The number of anilines is 1. The zero-order chi connectivity index (χ0) is 22.9. The Bertz CT molecular complexity index is 1240. The number of Topliss-reactive ketones (excluding diaryl/α,β-unsaturated/α-hetero) is 1. The molecule has 1 aromatic carbocycles. The van der Waals surface area contributed by atoms with Gasteiger partial charge in [0.15, 0.2) is 10.9 Å². The van der Waals surface area contributed by atoms with E-state index in [-0.39, 0.29) is 22.1 Å². The highest BCUT2D eigenvalue weighted by Gasteiger charge is 2.39. The van der Waals surface area contributed by atoms with Crippen LogP contribution in [0.25, 0.3) is 0 Å². The molecule has 3 aromatic rings. The number of pyridine rings is 1. The van der Waals surface area contributed by atoms with E-state index in [2.05, 4.69) is 14.7 Å². The number of benzene rings is 1. The Labute approximate surface area is 189 Å². The first-order valence-corrected chi connectivity index (χ1v) is 12.2. The predicted molar refractivity (Wildman–Crippen MR) is 121 cm³/mol. The van der Waals surface area contributed by atoms with E-state index in [0.717, 1.165) is 22.5 Å². The van der Waals surface area contributed by atoms with Crippen molar-refractivity contribution in [3.8, 4) is 5.75 Å². The van der Waals surface area contributed by atoms with Gasteiger partial charge in [-0.15, -0.1) is 11.3 Å². The molecule has 0 saturated heterocycles. The standard InChI is InChI=1S/C20H21BN4O5S2/c1-12-4-2-5-13-8-14(21(27)30-19(12)13)9-17(26)18(16-11-31-20(22)24-16)25-32(28,29)15-6-3-7-23-10-15/h2-7,10-11,14,18,25,27H,8-9H2,1H3,(H2,22,24)/t14-,18?/m1/s1. The predicted octanol–water partition coefficient (Wildman–Crippen LogP) is 1.89. The lowest BCUT2D eigenvalue weighted by atomic mass is 9.64. The lowest BCUT2D eigenvalue weighted by Gasteiger charge is -2.29. The Morgan fingerprint density at radius 2 is 2.22 bits per heavy atom. The van der Waals surface area contributed by atoms with E-state index in [4.69, 9.17) is 10.4 Å². The fraction of sp³-hybridized carbons (Fsp3) is 0.250. The van der Waals surface area contributed by atoms with Crippen LogP contribution in [-0.2, 0) is 21.2 Å². The summed E-state index contributed by atoms with van der Waals surface area (Å²) < 4.78 is 33.8. The molecule has 4 N–H and O–H groups in total. The summed E-state index contributed by atoms with van der Waals surface area (Å²) in [7, 11) is -5.25. The molecule has 1 unspecified atom stereocenters. The lowest BCUT2D eigenvalue weighted by Crippen LogP contribution is -2.39. The number of aromatic nitrogens is 2. The van der Waals surface area contributed by atoms with Crippen molar-refractivity contribution >= 4 is 39.4 Å². The Morgan fingerprint density at radius 1 is 1.41 bits per heavy atom. The van der Waals surface area contributed by atoms with Crippen LogP contribution in [0.3, 0.4) is 0 Å². The summed E-state index contributed by atoms with van der Waals surface area (Å²) >= 11 is 1.10. The molecule has 3 heterocycles. The number of nitrogens with zero attached hydrogens (tertiary/aromatic N) is 2. The zero-order valence-corrected chi connectivity index (χ0v) is 18.8. The molecule has 1 aliphatic heterocycles. The second-order valence-corrected chi connectivity index (χ2v) is 10.2.